The summed E-state index contributed by atoms with van der Waals surface area (Å²) >= 11 is 0. The van der Waals surface area contributed by atoms with Gasteiger partial charge >= 0.3 is 12.1 Å². The van der Waals surface area contributed by atoms with Crippen LogP contribution >= 0.6 is 0 Å². The number of carbonyl (C=O) groups is 2. The Morgan fingerprint density at radius 1 is 1.06 bits per heavy atom. The molecule has 1 saturated heterocycles. The summed E-state index contributed by atoms with van der Waals surface area (Å²) in [5, 5.41) is 11.1. The van der Waals surface area contributed by atoms with Gasteiger partial charge in [0.05, 0.1) is 39.1 Å². The summed E-state index contributed by atoms with van der Waals surface area (Å²) in [6.07, 6.45) is -0.995. The Labute approximate surface area is 194 Å². The lowest BCUT2D eigenvalue weighted by atomic mass is 9.66. The van der Waals surface area contributed by atoms with Crippen LogP contribution in [0.2, 0.25) is 0 Å². The van der Waals surface area contributed by atoms with Gasteiger partial charge in [0, 0.05) is 11.8 Å². The van der Waals surface area contributed by atoms with Gasteiger partial charge in [-0.2, -0.15) is 0 Å². The third-order valence-electron chi connectivity index (χ3n) is 6.36. The van der Waals surface area contributed by atoms with Crippen LogP contribution in [0.3, 0.4) is 0 Å². The van der Waals surface area contributed by atoms with Crippen LogP contribution in [0.15, 0.2) is 37.1 Å². The summed E-state index contributed by atoms with van der Waals surface area (Å²) in [5.74, 6) is -0.622. The summed E-state index contributed by atoms with van der Waals surface area (Å²) in [6, 6.07) is 6.82. The van der Waals surface area contributed by atoms with Crippen molar-refractivity contribution in [2.45, 2.75) is 12.0 Å². The van der Waals surface area contributed by atoms with E-state index in [-0.39, 0.29) is 30.6 Å². The first-order chi connectivity index (χ1) is 16.5. The number of benzene rings is 2. The molecule has 5 rings (SSSR count). The molecule has 2 aliphatic heterocycles. The smallest absolute Gasteiger partial charge is 0.493 e. The van der Waals surface area contributed by atoms with Gasteiger partial charge in [0.15, 0.2) is 23.0 Å². The zero-order valence-corrected chi connectivity index (χ0v) is 18.4. The maximum atomic E-state index is 12.8. The third-order valence-corrected chi connectivity index (χ3v) is 6.36. The number of aliphatic hydroxyl groups is 1. The van der Waals surface area contributed by atoms with Crippen molar-refractivity contribution in [3.63, 3.8) is 0 Å². The SMILES string of the molecule is C=COC(=O)Oc1c(OC)cc([C@@H]2c3cc4c(cc3[C@@H](O)[C@H]3COC(=O)[C@H]23)OCO4)cc1OC. The molecule has 0 bridgehead atoms. The predicted octanol–water partition coefficient (Wildman–Crippen LogP) is 3.06. The quantitative estimate of drug-likeness (QED) is 0.397. The van der Waals surface area contributed by atoms with Crippen molar-refractivity contribution in [2.75, 3.05) is 27.6 Å². The van der Waals surface area contributed by atoms with Crippen LogP contribution < -0.4 is 23.7 Å². The van der Waals surface area contributed by atoms with E-state index in [2.05, 4.69) is 11.3 Å². The van der Waals surface area contributed by atoms with Gasteiger partial charge in [-0.25, -0.2) is 4.79 Å². The lowest BCUT2D eigenvalue weighted by Crippen LogP contribution is -2.34. The van der Waals surface area contributed by atoms with E-state index in [1.165, 1.54) is 14.2 Å². The zero-order valence-electron chi connectivity index (χ0n) is 18.4. The molecule has 0 unspecified atom stereocenters. The van der Waals surface area contributed by atoms with Crippen molar-refractivity contribution in [1.82, 2.24) is 0 Å². The molecule has 0 radical (unpaired) electrons. The molecular weight excluding hydrogens is 448 g/mol. The van der Waals surface area contributed by atoms with Crippen LogP contribution in [0.4, 0.5) is 4.79 Å². The number of cyclic esters (lactones) is 1. The fraction of sp³-hybridized carbons (Fsp3) is 0.333. The average Bonchev–Trinajstić information content (AvgIpc) is 3.45. The monoisotopic (exact) mass is 470 g/mol. The van der Waals surface area contributed by atoms with Crippen molar-refractivity contribution in [3.05, 3.63) is 53.8 Å². The Morgan fingerprint density at radius 3 is 2.32 bits per heavy atom. The van der Waals surface area contributed by atoms with Gasteiger partial charge in [-0.15, -0.1) is 0 Å². The van der Waals surface area contributed by atoms with Crippen molar-refractivity contribution in [1.29, 1.82) is 0 Å². The van der Waals surface area contributed by atoms with E-state index in [1.807, 2.05) is 0 Å². The van der Waals surface area contributed by atoms with Crippen molar-refractivity contribution in [2.24, 2.45) is 11.8 Å². The number of hydrogen-bond acceptors (Lipinski definition) is 10. The minimum atomic E-state index is -1.02. The van der Waals surface area contributed by atoms with Gasteiger partial charge in [0.1, 0.15) is 0 Å². The van der Waals surface area contributed by atoms with Gasteiger partial charge in [0.2, 0.25) is 12.5 Å². The Kier molecular flexibility index (Phi) is 5.45. The molecule has 1 N–H and O–H groups in total. The van der Waals surface area contributed by atoms with E-state index in [0.717, 1.165) is 6.26 Å². The molecule has 34 heavy (non-hydrogen) atoms. The summed E-state index contributed by atoms with van der Waals surface area (Å²) in [6.45, 7) is 3.49. The van der Waals surface area contributed by atoms with E-state index in [9.17, 15) is 14.7 Å². The molecule has 2 heterocycles. The number of aliphatic hydroxyl groups excluding tert-OH is 1. The first-order valence-corrected chi connectivity index (χ1v) is 10.5. The normalized spacial score (nSPS) is 23.9. The number of hydrogen-bond donors (Lipinski definition) is 1. The fourth-order valence-electron chi connectivity index (χ4n) is 4.89. The van der Waals surface area contributed by atoms with Gasteiger partial charge in [-0.1, -0.05) is 6.58 Å². The molecule has 2 aromatic carbocycles. The van der Waals surface area contributed by atoms with Gasteiger partial charge < -0.3 is 38.3 Å². The topological polar surface area (TPSA) is 119 Å². The first-order valence-electron chi connectivity index (χ1n) is 10.5. The number of fused-ring (bicyclic) bond motifs is 3. The van der Waals surface area contributed by atoms with Gasteiger partial charge in [0.25, 0.3) is 0 Å². The average molecular weight is 470 g/mol. The Hall–Kier alpha value is -3.92. The summed E-state index contributed by atoms with van der Waals surface area (Å²) < 4.78 is 37.2. The molecule has 0 spiro atoms. The second-order valence-electron chi connectivity index (χ2n) is 7.97. The molecule has 10 nitrogen and oxygen atoms in total. The number of ether oxygens (including phenoxy) is 7. The molecule has 10 heteroatoms. The Bertz CT molecular complexity index is 1150. The molecule has 1 fully saturated rings. The van der Waals surface area contributed by atoms with E-state index in [4.69, 9.17) is 28.4 Å². The number of rotatable bonds is 5. The van der Waals surface area contributed by atoms with E-state index >= 15 is 0 Å². The second kappa shape index (κ2) is 8.45. The van der Waals surface area contributed by atoms with Crippen LogP contribution in [-0.2, 0) is 14.3 Å². The van der Waals surface area contributed by atoms with Crippen LogP contribution in [0.25, 0.3) is 0 Å². The highest BCUT2D eigenvalue weighted by molar-refractivity contribution is 5.79. The lowest BCUT2D eigenvalue weighted by Gasteiger charge is -2.37. The molecular formula is C24H22O10. The van der Waals surface area contributed by atoms with E-state index in [1.54, 1.807) is 24.3 Å². The van der Waals surface area contributed by atoms with Crippen molar-refractivity contribution < 1.29 is 47.9 Å². The van der Waals surface area contributed by atoms with Crippen LogP contribution in [0, 0.1) is 11.8 Å². The Balaban J connectivity index is 1.67. The highest BCUT2D eigenvalue weighted by atomic mass is 16.7. The number of methoxy groups -OCH3 is 2. The second-order valence-corrected chi connectivity index (χ2v) is 7.97. The van der Waals surface area contributed by atoms with Crippen LogP contribution in [0.5, 0.6) is 28.7 Å². The van der Waals surface area contributed by atoms with Gasteiger partial charge in [-0.3, -0.25) is 4.79 Å². The summed E-state index contributed by atoms with van der Waals surface area (Å²) in [5.41, 5.74) is 1.96. The minimum Gasteiger partial charge on any atom is -0.493 e. The molecule has 3 aliphatic rings. The Morgan fingerprint density at radius 2 is 1.71 bits per heavy atom. The van der Waals surface area contributed by atoms with E-state index < -0.39 is 36.0 Å². The highest BCUT2D eigenvalue weighted by Crippen LogP contribution is 2.55. The number of esters is 1. The molecule has 1 aliphatic carbocycles. The highest BCUT2D eigenvalue weighted by Gasteiger charge is 2.52. The lowest BCUT2D eigenvalue weighted by molar-refractivity contribution is -0.141. The van der Waals surface area contributed by atoms with E-state index in [0.29, 0.717) is 28.2 Å². The maximum Gasteiger partial charge on any atom is 0.519 e. The molecule has 0 aromatic heterocycles. The molecule has 4 atom stereocenters. The summed E-state index contributed by atoms with van der Waals surface area (Å²) in [7, 11) is 2.82. The zero-order chi connectivity index (χ0) is 24.0. The minimum absolute atomic E-state index is 0.00732. The molecule has 0 saturated carbocycles. The predicted molar refractivity (Wildman–Crippen MR) is 114 cm³/mol. The molecule has 2 aromatic rings. The molecule has 0 amide bonds. The van der Waals surface area contributed by atoms with Crippen LogP contribution in [-0.4, -0.2) is 44.9 Å². The number of carbonyl (C=O) groups excluding carboxylic acids is 2. The van der Waals surface area contributed by atoms with Gasteiger partial charge in [-0.05, 0) is 41.0 Å². The fourth-order valence-corrected chi connectivity index (χ4v) is 4.89. The van der Waals surface area contributed by atoms with Crippen molar-refractivity contribution in [3.8, 4) is 28.7 Å². The van der Waals surface area contributed by atoms with Crippen molar-refractivity contribution >= 4 is 12.1 Å². The first kappa shape index (κ1) is 21.9. The maximum absolute atomic E-state index is 12.8. The molecule has 178 valence electrons. The largest absolute Gasteiger partial charge is 0.519 e. The summed E-state index contributed by atoms with van der Waals surface area (Å²) in [4.78, 5) is 24.7. The standard InChI is InChI=1S/C24H22O10/c1-4-30-24(27)34-22-17(28-2)5-11(6-18(22)29-3)19-12-7-15-16(33-10-32-15)8-13(12)21(25)14-9-31-23(26)20(14)19/h4-8,14,19-21,25H,1,9-10H2,2-3H3/t14-,19+,20-,21+/m0/s1. The van der Waals surface area contributed by atoms with Crippen LogP contribution in [0.1, 0.15) is 28.7 Å². The third kappa shape index (κ3) is 3.38.